The summed E-state index contributed by atoms with van der Waals surface area (Å²) in [5, 5.41) is 0. The van der Waals surface area contributed by atoms with E-state index in [1.807, 2.05) is 0 Å². The molecule has 112 valence electrons. The summed E-state index contributed by atoms with van der Waals surface area (Å²) in [5.74, 6) is 0.205. The zero-order chi connectivity index (χ0) is 15.6. The first-order valence-electron chi connectivity index (χ1n) is 7.13. The van der Waals surface area contributed by atoms with Crippen LogP contribution in [-0.4, -0.2) is 0 Å². The first-order chi connectivity index (χ1) is 9.88. The summed E-state index contributed by atoms with van der Waals surface area (Å²) in [7, 11) is 0. The highest BCUT2D eigenvalue weighted by Gasteiger charge is 2.09. The number of halogens is 1. The van der Waals surface area contributed by atoms with Crippen molar-refractivity contribution >= 4 is 0 Å². The predicted molar refractivity (Wildman–Crippen MR) is 84.0 cm³/mol. The summed E-state index contributed by atoms with van der Waals surface area (Å²) < 4.78 is 19.6. The van der Waals surface area contributed by atoms with Crippen molar-refractivity contribution in [3.05, 3.63) is 64.0 Å². The standard InChI is InChI=1S/C18H22FNO/c1-11-7-12(2)17(13(3)8-11)10-21-15-5-6-16(14(4)20)18(19)9-15/h5-9,14H,10,20H2,1-4H3/t14-/m1/s1. The van der Waals surface area contributed by atoms with Crippen LogP contribution in [0.3, 0.4) is 0 Å². The van der Waals surface area contributed by atoms with Crippen LogP contribution in [0, 0.1) is 26.6 Å². The van der Waals surface area contributed by atoms with E-state index >= 15 is 0 Å². The summed E-state index contributed by atoms with van der Waals surface area (Å²) in [5.41, 5.74) is 11.0. The van der Waals surface area contributed by atoms with E-state index in [0.717, 1.165) is 5.56 Å². The highest BCUT2D eigenvalue weighted by Crippen LogP contribution is 2.23. The minimum atomic E-state index is -0.320. The number of ether oxygens (including phenoxy) is 1. The van der Waals surface area contributed by atoms with Gasteiger partial charge in [0.05, 0.1) is 0 Å². The van der Waals surface area contributed by atoms with Gasteiger partial charge in [-0.3, -0.25) is 0 Å². The molecule has 2 aromatic carbocycles. The fourth-order valence-corrected chi connectivity index (χ4v) is 2.56. The molecule has 1 atom stereocenters. The largest absolute Gasteiger partial charge is 0.489 e. The molecule has 3 heteroatoms. The zero-order valence-corrected chi connectivity index (χ0v) is 13.0. The number of hydrogen-bond acceptors (Lipinski definition) is 2. The number of hydrogen-bond donors (Lipinski definition) is 1. The second kappa shape index (κ2) is 6.27. The van der Waals surface area contributed by atoms with Gasteiger partial charge in [-0.15, -0.1) is 0 Å². The molecule has 0 aromatic heterocycles. The molecule has 2 aromatic rings. The Morgan fingerprint density at radius 3 is 2.24 bits per heavy atom. The number of nitrogens with two attached hydrogens (primary N) is 1. The van der Waals surface area contributed by atoms with Gasteiger partial charge in [0, 0.05) is 17.7 Å². The summed E-state index contributed by atoms with van der Waals surface area (Å²) in [4.78, 5) is 0. The van der Waals surface area contributed by atoms with E-state index in [1.54, 1.807) is 19.1 Å². The van der Waals surface area contributed by atoms with Gasteiger partial charge in [0.15, 0.2) is 0 Å². The minimum absolute atomic E-state index is 0.319. The molecule has 0 heterocycles. The third kappa shape index (κ3) is 3.61. The van der Waals surface area contributed by atoms with Crippen LogP contribution in [0.4, 0.5) is 4.39 Å². The molecule has 0 aliphatic carbocycles. The number of benzene rings is 2. The minimum Gasteiger partial charge on any atom is -0.489 e. The fraction of sp³-hybridized carbons (Fsp3) is 0.333. The molecule has 2 N–H and O–H groups in total. The highest BCUT2D eigenvalue weighted by atomic mass is 19.1. The maximum atomic E-state index is 13.9. The van der Waals surface area contributed by atoms with E-state index < -0.39 is 0 Å². The first kappa shape index (κ1) is 15.5. The van der Waals surface area contributed by atoms with Crippen molar-refractivity contribution in [1.82, 2.24) is 0 Å². The Morgan fingerprint density at radius 1 is 1.10 bits per heavy atom. The molecule has 0 spiro atoms. The van der Waals surface area contributed by atoms with Gasteiger partial charge in [0.25, 0.3) is 0 Å². The van der Waals surface area contributed by atoms with Gasteiger partial charge in [-0.2, -0.15) is 0 Å². The predicted octanol–water partition coefficient (Wildman–Crippen LogP) is 4.35. The van der Waals surface area contributed by atoms with Crippen LogP contribution in [0.1, 0.15) is 40.8 Å². The molecule has 0 aliphatic heterocycles. The Labute approximate surface area is 125 Å². The van der Waals surface area contributed by atoms with Crippen molar-refractivity contribution in [1.29, 1.82) is 0 Å². The molecule has 0 saturated heterocycles. The third-order valence-electron chi connectivity index (χ3n) is 3.69. The number of aryl methyl sites for hydroxylation is 3. The lowest BCUT2D eigenvalue weighted by Crippen LogP contribution is -2.08. The molecule has 0 unspecified atom stereocenters. The molecule has 21 heavy (non-hydrogen) atoms. The zero-order valence-electron chi connectivity index (χ0n) is 13.0. The quantitative estimate of drug-likeness (QED) is 0.907. The van der Waals surface area contributed by atoms with Crippen molar-refractivity contribution in [2.45, 2.75) is 40.3 Å². The Hall–Kier alpha value is -1.87. The Bertz CT molecular complexity index is 627. The summed E-state index contributed by atoms with van der Waals surface area (Å²) in [6.45, 7) is 8.41. The van der Waals surface area contributed by atoms with Crippen LogP contribution in [0.15, 0.2) is 30.3 Å². The molecule has 0 saturated carbocycles. The van der Waals surface area contributed by atoms with E-state index in [9.17, 15) is 4.39 Å². The average molecular weight is 287 g/mol. The van der Waals surface area contributed by atoms with E-state index in [-0.39, 0.29) is 11.9 Å². The van der Waals surface area contributed by atoms with Crippen LogP contribution in [0.25, 0.3) is 0 Å². The fourth-order valence-electron chi connectivity index (χ4n) is 2.56. The molecule has 2 nitrogen and oxygen atoms in total. The van der Waals surface area contributed by atoms with E-state index in [1.165, 1.54) is 22.8 Å². The van der Waals surface area contributed by atoms with E-state index in [0.29, 0.717) is 17.9 Å². The summed E-state index contributed by atoms with van der Waals surface area (Å²) in [6, 6.07) is 8.79. The lowest BCUT2D eigenvalue weighted by Gasteiger charge is -2.14. The van der Waals surface area contributed by atoms with Gasteiger partial charge in [-0.1, -0.05) is 23.8 Å². The normalized spacial score (nSPS) is 12.3. The molecule has 0 aliphatic rings. The highest BCUT2D eigenvalue weighted by molar-refractivity contribution is 5.38. The van der Waals surface area contributed by atoms with Crippen LogP contribution < -0.4 is 10.5 Å². The molecule has 0 fully saturated rings. The van der Waals surface area contributed by atoms with Gasteiger partial charge >= 0.3 is 0 Å². The molecule has 2 rings (SSSR count). The van der Waals surface area contributed by atoms with Gasteiger partial charge in [0.2, 0.25) is 0 Å². The van der Waals surface area contributed by atoms with Crippen molar-refractivity contribution in [3.8, 4) is 5.75 Å². The molecule has 0 bridgehead atoms. The van der Waals surface area contributed by atoms with Gasteiger partial charge < -0.3 is 10.5 Å². The van der Waals surface area contributed by atoms with Crippen LogP contribution in [0.2, 0.25) is 0 Å². The SMILES string of the molecule is Cc1cc(C)c(COc2ccc([C@@H](C)N)c(F)c2)c(C)c1. The second-order valence-electron chi connectivity index (χ2n) is 5.64. The van der Waals surface area contributed by atoms with E-state index in [4.69, 9.17) is 10.5 Å². The lowest BCUT2D eigenvalue weighted by atomic mass is 10.0. The lowest BCUT2D eigenvalue weighted by molar-refractivity contribution is 0.302. The maximum Gasteiger partial charge on any atom is 0.131 e. The molecule has 0 amide bonds. The monoisotopic (exact) mass is 287 g/mol. The number of rotatable bonds is 4. The average Bonchev–Trinajstić information content (AvgIpc) is 2.36. The van der Waals surface area contributed by atoms with Gasteiger partial charge in [-0.05, 0) is 50.5 Å². The van der Waals surface area contributed by atoms with Crippen molar-refractivity contribution in [3.63, 3.8) is 0 Å². The summed E-state index contributed by atoms with van der Waals surface area (Å²) in [6.07, 6.45) is 0. The van der Waals surface area contributed by atoms with Gasteiger partial charge in [-0.25, -0.2) is 4.39 Å². The van der Waals surface area contributed by atoms with E-state index in [2.05, 4.69) is 32.9 Å². The smallest absolute Gasteiger partial charge is 0.131 e. The maximum absolute atomic E-state index is 13.9. The van der Waals surface area contributed by atoms with Gasteiger partial charge in [0.1, 0.15) is 18.2 Å². The van der Waals surface area contributed by atoms with Crippen molar-refractivity contribution in [2.24, 2.45) is 5.73 Å². The van der Waals surface area contributed by atoms with Crippen LogP contribution >= 0.6 is 0 Å². The Balaban J connectivity index is 2.16. The third-order valence-corrected chi connectivity index (χ3v) is 3.69. The molecule has 0 radical (unpaired) electrons. The second-order valence-corrected chi connectivity index (χ2v) is 5.64. The topological polar surface area (TPSA) is 35.2 Å². The van der Waals surface area contributed by atoms with Crippen molar-refractivity contribution in [2.75, 3.05) is 0 Å². The summed E-state index contributed by atoms with van der Waals surface area (Å²) >= 11 is 0. The van der Waals surface area contributed by atoms with Crippen molar-refractivity contribution < 1.29 is 9.13 Å². The molecular formula is C18H22FNO. The van der Waals surface area contributed by atoms with Crippen LogP contribution in [0.5, 0.6) is 5.75 Å². The Morgan fingerprint density at radius 2 is 1.71 bits per heavy atom. The molecular weight excluding hydrogens is 265 g/mol. The Kier molecular flexibility index (Phi) is 4.63. The first-order valence-corrected chi connectivity index (χ1v) is 7.13. The van der Waals surface area contributed by atoms with Crippen LogP contribution in [-0.2, 0) is 6.61 Å².